The van der Waals surface area contributed by atoms with E-state index in [4.69, 9.17) is 27.9 Å². The van der Waals surface area contributed by atoms with Crippen molar-refractivity contribution in [3.63, 3.8) is 0 Å². The van der Waals surface area contributed by atoms with Gasteiger partial charge in [-0.25, -0.2) is 0 Å². The van der Waals surface area contributed by atoms with E-state index in [0.717, 1.165) is 22.6 Å². The highest BCUT2D eigenvalue weighted by Gasteiger charge is 2.15. The molecule has 1 heterocycles. The second kappa shape index (κ2) is 9.11. The van der Waals surface area contributed by atoms with E-state index in [1.54, 1.807) is 6.07 Å². The zero-order valence-corrected chi connectivity index (χ0v) is 16.2. The second-order valence-corrected chi connectivity index (χ2v) is 7.06. The van der Waals surface area contributed by atoms with Gasteiger partial charge in [0.05, 0.1) is 16.6 Å². The lowest BCUT2D eigenvalue weighted by molar-refractivity contribution is -0.121. The lowest BCUT2D eigenvalue weighted by Gasteiger charge is -2.17. The van der Waals surface area contributed by atoms with Crippen LogP contribution in [-0.4, -0.2) is 25.0 Å². The number of hydrogen-bond acceptors (Lipinski definition) is 3. The van der Waals surface area contributed by atoms with Crippen molar-refractivity contribution in [1.82, 2.24) is 5.32 Å². The Morgan fingerprint density at radius 1 is 1.19 bits per heavy atom. The maximum Gasteiger partial charge on any atom is 0.224 e. The minimum atomic E-state index is -0.0669. The summed E-state index contributed by atoms with van der Waals surface area (Å²) in [5, 5.41) is 6.66. The summed E-state index contributed by atoms with van der Waals surface area (Å²) in [6, 6.07) is 11.0. The number of amides is 2. The Kier molecular flexibility index (Phi) is 6.58. The highest BCUT2D eigenvalue weighted by atomic mass is 35.5. The number of ether oxygens (including phenoxy) is 1. The summed E-state index contributed by atoms with van der Waals surface area (Å²) in [5.74, 6) is 0.700. The summed E-state index contributed by atoms with van der Waals surface area (Å²) in [6.45, 7) is 0.782. The summed E-state index contributed by atoms with van der Waals surface area (Å²) >= 11 is 12.1. The van der Waals surface area contributed by atoms with Crippen LogP contribution >= 0.6 is 23.2 Å². The van der Waals surface area contributed by atoms with Crippen LogP contribution in [-0.2, 0) is 22.4 Å². The van der Waals surface area contributed by atoms with E-state index < -0.39 is 0 Å². The van der Waals surface area contributed by atoms with Crippen molar-refractivity contribution in [3.8, 4) is 5.75 Å². The molecule has 0 aromatic heterocycles. The van der Waals surface area contributed by atoms with Crippen molar-refractivity contribution >= 4 is 40.7 Å². The van der Waals surface area contributed by atoms with Crippen LogP contribution in [0.4, 0.5) is 5.69 Å². The van der Waals surface area contributed by atoms with Crippen molar-refractivity contribution in [1.29, 1.82) is 0 Å². The number of fused-ring (bicyclic) bond motifs is 1. The van der Waals surface area contributed by atoms with E-state index in [1.807, 2.05) is 30.3 Å². The zero-order valence-electron chi connectivity index (χ0n) is 14.7. The summed E-state index contributed by atoms with van der Waals surface area (Å²) in [7, 11) is 0. The molecular weight excluding hydrogens is 387 g/mol. The van der Waals surface area contributed by atoms with Crippen LogP contribution in [0.25, 0.3) is 0 Å². The van der Waals surface area contributed by atoms with Crippen LogP contribution in [0.5, 0.6) is 5.75 Å². The minimum Gasteiger partial charge on any atom is -0.492 e. The number of carbonyl (C=O) groups is 2. The molecule has 0 saturated heterocycles. The molecule has 2 N–H and O–H groups in total. The van der Waals surface area contributed by atoms with Crippen molar-refractivity contribution in [2.45, 2.75) is 25.7 Å². The van der Waals surface area contributed by atoms with E-state index in [1.165, 1.54) is 0 Å². The van der Waals surface area contributed by atoms with Gasteiger partial charge in [0.15, 0.2) is 0 Å². The van der Waals surface area contributed by atoms with Crippen LogP contribution in [0.1, 0.15) is 24.0 Å². The number of halogens is 2. The van der Waals surface area contributed by atoms with Gasteiger partial charge in [0.2, 0.25) is 11.8 Å². The molecule has 2 aromatic carbocycles. The molecule has 1 aliphatic heterocycles. The van der Waals surface area contributed by atoms with Gasteiger partial charge in [-0.1, -0.05) is 35.3 Å². The highest BCUT2D eigenvalue weighted by Crippen LogP contribution is 2.27. The fraction of sp³-hybridized carbons (Fsp3) is 0.300. The molecule has 3 rings (SSSR count). The molecule has 142 valence electrons. The molecule has 0 spiro atoms. The Hall–Kier alpha value is -2.24. The molecule has 0 saturated carbocycles. The van der Waals surface area contributed by atoms with Gasteiger partial charge in [-0.3, -0.25) is 9.59 Å². The second-order valence-electron chi connectivity index (χ2n) is 6.28. The third-order valence-electron chi connectivity index (χ3n) is 4.32. The number of anilines is 1. The van der Waals surface area contributed by atoms with Gasteiger partial charge in [0.25, 0.3) is 0 Å². The lowest BCUT2D eigenvalue weighted by atomic mass is 10.0. The van der Waals surface area contributed by atoms with Crippen molar-refractivity contribution < 1.29 is 14.3 Å². The first kappa shape index (κ1) is 19.5. The zero-order chi connectivity index (χ0) is 19.2. The predicted molar refractivity (Wildman–Crippen MR) is 107 cm³/mol. The smallest absolute Gasteiger partial charge is 0.224 e. The number of nitrogens with one attached hydrogen (secondary N) is 2. The standard InChI is InChI=1S/C20H20Cl2N2O3/c21-16-3-1-2-13(20(16)22)4-8-18(25)23-10-11-27-15-6-7-17-14(12-15)5-9-19(26)24-17/h1-3,6-7,12H,4-5,8-11H2,(H,23,25)(H,24,26). The van der Waals surface area contributed by atoms with E-state index >= 15 is 0 Å². The van der Waals surface area contributed by atoms with Crippen LogP contribution in [0.15, 0.2) is 36.4 Å². The number of carbonyl (C=O) groups excluding carboxylic acids is 2. The van der Waals surface area contributed by atoms with Gasteiger partial charge in [0, 0.05) is 18.5 Å². The van der Waals surface area contributed by atoms with Gasteiger partial charge < -0.3 is 15.4 Å². The normalized spacial score (nSPS) is 12.9. The fourth-order valence-electron chi connectivity index (χ4n) is 2.89. The Morgan fingerprint density at radius 3 is 2.89 bits per heavy atom. The number of aryl methyl sites for hydroxylation is 2. The van der Waals surface area contributed by atoms with Crippen molar-refractivity contribution in [3.05, 3.63) is 57.6 Å². The molecule has 0 fully saturated rings. The topological polar surface area (TPSA) is 67.4 Å². The van der Waals surface area contributed by atoms with Crippen molar-refractivity contribution in [2.75, 3.05) is 18.5 Å². The van der Waals surface area contributed by atoms with Crippen LogP contribution < -0.4 is 15.4 Å². The Balaban J connectivity index is 1.39. The van der Waals surface area contributed by atoms with E-state index in [9.17, 15) is 9.59 Å². The quantitative estimate of drug-likeness (QED) is 0.682. The third-order valence-corrected chi connectivity index (χ3v) is 5.18. The highest BCUT2D eigenvalue weighted by molar-refractivity contribution is 6.42. The maximum absolute atomic E-state index is 12.0. The SMILES string of the molecule is O=C(CCc1cccc(Cl)c1Cl)NCCOc1ccc2c(c1)CCC(=O)N2. The maximum atomic E-state index is 12.0. The van der Waals surface area contributed by atoms with Gasteiger partial charge >= 0.3 is 0 Å². The van der Waals surface area contributed by atoms with Gasteiger partial charge in [-0.2, -0.15) is 0 Å². The van der Waals surface area contributed by atoms with Gasteiger partial charge in [-0.05, 0) is 48.2 Å². The summed E-state index contributed by atoms with van der Waals surface area (Å²) in [4.78, 5) is 23.3. The summed E-state index contributed by atoms with van der Waals surface area (Å²) in [6.07, 6.45) is 2.06. The molecule has 5 nitrogen and oxygen atoms in total. The summed E-state index contributed by atoms with van der Waals surface area (Å²) < 4.78 is 5.68. The molecule has 0 atom stereocenters. The van der Waals surface area contributed by atoms with Crippen molar-refractivity contribution in [2.24, 2.45) is 0 Å². The molecule has 2 aromatic rings. The first-order valence-electron chi connectivity index (χ1n) is 8.78. The first-order chi connectivity index (χ1) is 13.0. The molecule has 2 amide bonds. The molecule has 1 aliphatic rings. The number of benzene rings is 2. The Morgan fingerprint density at radius 2 is 2.04 bits per heavy atom. The van der Waals surface area contributed by atoms with Crippen LogP contribution in [0.2, 0.25) is 10.0 Å². The van der Waals surface area contributed by atoms with Gasteiger partial charge in [0.1, 0.15) is 12.4 Å². The average molecular weight is 407 g/mol. The predicted octanol–water partition coefficient (Wildman–Crippen LogP) is 4.01. The fourth-order valence-corrected chi connectivity index (χ4v) is 3.30. The molecule has 0 radical (unpaired) electrons. The van der Waals surface area contributed by atoms with E-state index in [-0.39, 0.29) is 11.8 Å². The summed E-state index contributed by atoms with van der Waals surface area (Å²) in [5.41, 5.74) is 2.76. The van der Waals surface area contributed by atoms with E-state index in [0.29, 0.717) is 48.9 Å². The first-order valence-corrected chi connectivity index (χ1v) is 9.53. The molecule has 0 bridgehead atoms. The van der Waals surface area contributed by atoms with E-state index in [2.05, 4.69) is 10.6 Å². The van der Waals surface area contributed by atoms with Crippen LogP contribution in [0.3, 0.4) is 0 Å². The third kappa shape index (κ3) is 5.37. The molecule has 0 aliphatic carbocycles. The largest absolute Gasteiger partial charge is 0.492 e. The average Bonchev–Trinajstić information content (AvgIpc) is 2.66. The molecule has 7 heteroatoms. The minimum absolute atomic E-state index is 0.0398. The number of rotatable bonds is 7. The number of hydrogen-bond donors (Lipinski definition) is 2. The molecule has 27 heavy (non-hydrogen) atoms. The lowest BCUT2D eigenvalue weighted by Crippen LogP contribution is -2.28. The van der Waals surface area contributed by atoms with Gasteiger partial charge in [-0.15, -0.1) is 0 Å². The molecular formula is C20H20Cl2N2O3. The monoisotopic (exact) mass is 406 g/mol. The Labute approximate surface area is 168 Å². The van der Waals surface area contributed by atoms with Crippen LogP contribution in [0, 0.1) is 0 Å². The molecule has 0 unspecified atom stereocenters. The Bertz CT molecular complexity index is 855.